The molecule has 6 heteroatoms. The van der Waals surface area contributed by atoms with E-state index in [0.717, 1.165) is 0 Å². The van der Waals surface area contributed by atoms with Gasteiger partial charge in [-0.3, -0.25) is 4.79 Å². The summed E-state index contributed by atoms with van der Waals surface area (Å²) in [6.45, 7) is 0.852. The summed E-state index contributed by atoms with van der Waals surface area (Å²) < 4.78 is 4.85. The summed E-state index contributed by atoms with van der Waals surface area (Å²) in [7, 11) is 4.95. The summed E-state index contributed by atoms with van der Waals surface area (Å²) >= 11 is 0. The van der Waals surface area contributed by atoms with Gasteiger partial charge in [0.05, 0.1) is 24.1 Å². The molecule has 0 aliphatic heterocycles. The van der Waals surface area contributed by atoms with Gasteiger partial charge >= 0.3 is 0 Å². The molecule has 0 saturated heterocycles. The number of hydrogen-bond acceptors (Lipinski definition) is 5. The minimum absolute atomic E-state index is 0.0764. The van der Waals surface area contributed by atoms with E-state index in [1.165, 1.54) is 4.90 Å². The van der Waals surface area contributed by atoms with Crippen molar-refractivity contribution in [1.29, 1.82) is 0 Å². The molecule has 0 heterocycles. The van der Waals surface area contributed by atoms with Crippen molar-refractivity contribution in [3.8, 4) is 0 Å². The third kappa shape index (κ3) is 4.71. The molecule has 0 aliphatic carbocycles. The molecule has 1 atom stereocenters. The highest BCUT2D eigenvalue weighted by atomic mass is 16.5. The number of hydrogen-bond donors (Lipinski definition) is 3. The summed E-state index contributed by atoms with van der Waals surface area (Å²) in [6.07, 6.45) is 0.0272. The zero-order valence-corrected chi connectivity index (χ0v) is 12.2. The van der Waals surface area contributed by atoms with E-state index in [0.29, 0.717) is 36.5 Å². The van der Waals surface area contributed by atoms with Crippen molar-refractivity contribution in [1.82, 2.24) is 4.90 Å². The Labute approximate surface area is 119 Å². The number of rotatable bonds is 7. The normalized spacial score (nSPS) is 12.0. The Morgan fingerprint density at radius 3 is 2.80 bits per heavy atom. The van der Waals surface area contributed by atoms with E-state index in [1.807, 2.05) is 0 Å². The van der Waals surface area contributed by atoms with Crippen molar-refractivity contribution >= 4 is 17.3 Å². The smallest absolute Gasteiger partial charge is 0.253 e. The fourth-order valence-corrected chi connectivity index (χ4v) is 1.75. The number of nitrogens with zero attached hydrogens (tertiary/aromatic N) is 1. The van der Waals surface area contributed by atoms with Gasteiger partial charge in [-0.05, 0) is 24.6 Å². The molecule has 4 N–H and O–H groups in total. The summed E-state index contributed by atoms with van der Waals surface area (Å²) in [4.78, 5) is 13.4. The van der Waals surface area contributed by atoms with Crippen molar-refractivity contribution in [3.05, 3.63) is 23.8 Å². The maximum Gasteiger partial charge on any atom is 0.253 e. The number of carbonyl (C=O) groups excluding carboxylic acids is 1. The van der Waals surface area contributed by atoms with Gasteiger partial charge in [0.25, 0.3) is 5.91 Å². The maximum absolute atomic E-state index is 11.9. The number of ether oxygens (including phenoxy) is 1. The Morgan fingerprint density at radius 2 is 2.20 bits per heavy atom. The Bertz CT molecular complexity index is 449. The highest BCUT2D eigenvalue weighted by Crippen LogP contribution is 2.20. The molecular weight excluding hydrogens is 258 g/mol. The van der Waals surface area contributed by atoms with Gasteiger partial charge in [0, 0.05) is 33.3 Å². The van der Waals surface area contributed by atoms with Gasteiger partial charge in [-0.15, -0.1) is 0 Å². The molecule has 1 aromatic carbocycles. The van der Waals surface area contributed by atoms with Crippen LogP contribution in [0.2, 0.25) is 0 Å². The quantitative estimate of drug-likeness (QED) is 0.643. The number of nitrogen functional groups attached to an aromatic ring is 1. The largest absolute Gasteiger partial charge is 0.397 e. The summed E-state index contributed by atoms with van der Waals surface area (Å²) in [5, 5.41) is 12.7. The van der Waals surface area contributed by atoms with Gasteiger partial charge in [-0.1, -0.05) is 0 Å². The molecule has 1 amide bonds. The third-order valence-electron chi connectivity index (χ3n) is 2.86. The first-order valence-electron chi connectivity index (χ1n) is 6.47. The van der Waals surface area contributed by atoms with Gasteiger partial charge in [0.2, 0.25) is 0 Å². The average molecular weight is 281 g/mol. The Hall–Kier alpha value is -1.79. The van der Waals surface area contributed by atoms with Crippen molar-refractivity contribution < 1.29 is 14.6 Å². The second kappa shape index (κ2) is 7.72. The molecule has 1 rings (SSSR count). The number of methoxy groups -OCH3 is 1. The molecule has 1 unspecified atom stereocenters. The standard InChI is InChI=1S/C14H23N3O3/c1-17(2)14(19)10-4-5-12(15)13(8-10)16-7-6-11(18)9-20-3/h4-5,8,11,16,18H,6-7,9,15H2,1-3H3. The Balaban J connectivity index is 2.65. The molecular formula is C14H23N3O3. The maximum atomic E-state index is 11.9. The molecule has 112 valence electrons. The zero-order chi connectivity index (χ0) is 15.1. The van der Waals surface area contributed by atoms with E-state index in [2.05, 4.69) is 5.32 Å². The lowest BCUT2D eigenvalue weighted by atomic mass is 10.1. The highest BCUT2D eigenvalue weighted by Gasteiger charge is 2.10. The number of aliphatic hydroxyl groups is 1. The molecule has 0 saturated carbocycles. The number of amides is 1. The highest BCUT2D eigenvalue weighted by molar-refractivity contribution is 5.95. The number of carbonyl (C=O) groups is 1. The summed E-state index contributed by atoms with van der Waals surface area (Å²) in [5.74, 6) is -0.0764. The molecule has 0 aromatic heterocycles. The monoisotopic (exact) mass is 281 g/mol. The Morgan fingerprint density at radius 1 is 1.50 bits per heavy atom. The number of anilines is 2. The predicted octanol–water partition coefficient (Wildman–Crippen LogP) is 0.780. The van der Waals surface area contributed by atoms with Crippen LogP contribution >= 0.6 is 0 Å². The van der Waals surface area contributed by atoms with E-state index in [1.54, 1.807) is 39.4 Å². The zero-order valence-electron chi connectivity index (χ0n) is 12.2. The first kappa shape index (κ1) is 16.3. The molecule has 0 bridgehead atoms. The molecule has 20 heavy (non-hydrogen) atoms. The van der Waals surface area contributed by atoms with Crippen LogP contribution in [-0.4, -0.2) is 56.4 Å². The van der Waals surface area contributed by atoms with Crippen LogP contribution in [0.1, 0.15) is 16.8 Å². The van der Waals surface area contributed by atoms with Crippen molar-refractivity contribution in [2.45, 2.75) is 12.5 Å². The first-order chi connectivity index (χ1) is 9.45. The van der Waals surface area contributed by atoms with Crippen LogP contribution in [0.3, 0.4) is 0 Å². The lowest BCUT2D eigenvalue weighted by Crippen LogP contribution is -2.22. The number of benzene rings is 1. The first-order valence-corrected chi connectivity index (χ1v) is 6.47. The molecule has 6 nitrogen and oxygen atoms in total. The average Bonchev–Trinajstić information content (AvgIpc) is 2.40. The molecule has 0 aliphatic rings. The lowest BCUT2D eigenvalue weighted by Gasteiger charge is -2.15. The van der Waals surface area contributed by atoms with Gasteiger partial charge < -0.3 is 25.8 Å². The number of aliphatic hydroxyl groups excluding tert-OH is 1. The fraction of sp³-hybridized carbons (Fsp3) is 0.500. The van der Waals surface area contributed by atoms with Crippen molar-refractivity contribution in [3.63, 3.8) is 0 Å². The van der Waals surface area contributed by atoms with Crippen molar-refractivity contribution in [2.24, 2.45) is 0 Å². The van der Waals surface area contributed by atoms with Gasteiger partial charge in [0.15, 0.2) is 0 Å². The van der Waals surface area contributed by atoms with E-state index in [-0.39, 0.29) is 5.91 Å². The fourth-order valence-electron chi connectivity index (χ4n) is 1.75. The van der Waals surface area contributed by atoms with Crippen molar-refractivity contribution in [2.75, 3.05) is 45.4 Å². The molecule has 1 aromatic rings. The van der Waals surface area contributed by atoms with Gasteiger partial charge in [-0.2, -0.15) is 0 Å². The molecule has 0 fully saturated rings. The predicted molar refractivity (Wildman–Crippen MR) is 79.9 cm³/mol. The van der Waals surface area contributed by atoms with Crippen LogP contribution in [0.25, 0.3) is 0 Å². The van der Waals surface area contributed by atoms with Crippen LogP contribution < -0.4 is 11.1 Å². The second-order valence-electron chi connectivity index (χ2n) is 4.83. The molecule has 0 radical (unpaired) electrons. The van der Waals surface area contributed by atoms with Crippen LogP contribution in [0, 0.1) is 0 Å². The lowest BCUT2D eigenvalue weighted by molar-refractivity contribution is 0.0615. The topological polar surface area (TPSA) is 87.8 Å². The SMILES string of the molecule is COCC(O)CCNc1cc(C(=O)N(C)C)ccc1N. The van der Waals surface area contributed by atoms with Gasteiger partial charge in [0.1, 0.15) is 0 Å². The summed E-state index contributed by atoms with van der Waals surface area (Å²) in [5.41, 5.74) is 7.71. The van der Waals surface area contributed by atoms with Gasteiger partial charge in [-0.25, -0.2) is 0 Å². The second-order valence-corrected chi connectivity index (χ2v) is 4.83. The minimum atomic E-state index is -0.514. The van der Waals surface area contributed by atoms with E-state index >= 15 is 0 Å². The third-order valence-corrected chi connectivity index (χ3v) is 2.86. The van der Waals surface area contributed by atoms with Crippen LogP contribution in [-0.2, 0) is 4.74 Å². The van der Waals surface area contributed by atoms with E-state index < -0.39 is 6.10 Å². The van der Waals surface area contributed by atoms with Crippen LogP contribution in [0.15, 0.2) is 18.2 Å². The summed E-state index contributed by atoms with van der Waals surface area (Å²) in [6, 6.07) is 5.12. The van der Waals surface area contributed by atoms with E-state index in [9.17, 15) is 9.90 Å². The number of nitrogens with two attached hydrogens (primary N) is 1. The minimum Gasteiger partial charge on any atom is -0.397 e. The number of nitrogens with one attached hydrogen (secondary N) is 1. The van der Waals surface area contributed by atoms with Crippen LogP contribution in [0.4, 0.5) is 11.4 Å². The van der Waals surface area contributed by atoms with E-state index in [4.69, 9.17) is 10.5 Å². The van der Waals surface area contributed by atoms with Crippen LogP contribution in [0.5, 0.6) is 0 Å². The Kier molecular flexibility index (Phi) is 6.27. The molecule has 0 spiro atoms.